The van der Waals surface area contributed by atoms with Crippen molar-refractivity contribution in [1.29, 1.82) is 0 Å². The molecule has 0 amide bonds. The average molecular weight is 275 g/mol. The van der Waals surface area contributed by atoms with Gasteiger partial charge in [-0.05, 0) is 41.0 Å². The predicted molar refractivity (Wildman–Crippen MR) is 63.8 cm³/mol. The Kier molecular flexibility index (Phi) is 4.06. The van der Waals surface area contributed by atoms with E-state index in [0.29, 0.717) is 0 Å². The molecule has 0 saturated heterocycles. The van der Waals surface area contributed by atoms with Crippen LogP contribution in [0.15, 0.2) is 18.2 Å². The Morgan fingerprint density at radius 2 is 1.50 bits per heavy atom. The number of alkyl halides is 1. The summed E-state index contributed by atoms with van der Waals surface area (Å²) in [7, 11) is 0. The van der Waals surface area contributed by atoms with Crippen LogP contribution in [0.2, 0.25) is 0 Å². The highest BCUT2D eigenvalue weighted by molar-refractivity contribution is 14.2. The lowest BCUT2D eigenvalue weighted by Crippen LogP contribution is -1.88. The summed E-state index contributed by atoms with van der Waals surface area (Å²) in [4.78, 5) is 2.33. The number of aryl methyl sites for hydroxylation is 2. The molecule has 1 heteroatoms. The fourth-order valence-corrected chi connectivity index (χ4v) is 2.66. The molecule has 0 fully saturated rings. The molecule has 1 aromatic carbocycles. The SMILES string of the molecule is CCc1cc(CC)cc([I]C)c1. The first-order valence-electron chi connectivity index (χ1n) is 4.42. The third kappa shape index (κ3) is 2.47. The fourth-order valence-electron chi connectivity index (χ4n) is 1.23. The molecule has 1 aromatic rings. The molecule has 0 nitrogen and oxygen atoms in total. The van der Waals surface area contributed by atoms with Crippen LogP contribution in [-0.2, 0) is 12.8 Å². The first kappa shape index (κ1) is 10.0. The summed E-state index contributed by atoms with van der Waals surface area (Å²) in [6.07, 6.45) is 2.34. The lowest BCUT2D eigenvalue weighted by molar-refractivity contribution is 1.08. The first-order valence-corrected chi connectivity index (χ1v) is 7.66. The molecular weight excluding hydrogens is 259 g/mol. The van der Waals surface area contributed by atoms with Gasteiger partial charge in [0.1, 0.15) is 0 Å². The van der Waals surface area contributed by atoms with Gasteiger partial charge in [0.2, 0.25) is 0 Å². The van der Waals surface area contributed by atoms with E-state index in [1.165, 1.54) is 24.0 Å². The van der Waals surface area contributed by atoms with E-state index in [4.69, 9.17) is 0 Å². The second kappa shape index (κ2) is 4.85. The van der Waals surface area contributed by atoms with E-state index >= 15 is 0 Å². The highest BCUT2D eigenvalue weighted by Gasteiger charge is 1.97. The summed E-state index contributed by atoms with van der Waals surface area (Å²) in [6.45, 7) is 4.46. The minimum Gasteiger partial charge on any atom is -0.118 e. The van der Waals surface area contributed by atoms with E-state index in [1.54, 1.807) is 3.57 Å². The Bertz CT molecular complexity index is 198. The van der Waals surface area contributed by atoms with Crippen LogP contribution < -0.4 is 0 Å². The molecule has 0 bridgehead atoms. The Morgan fingerprint density at radius 1 is 1.00 bits per heavy atom. The maximum Gasteiger partial charge on any atom is 0.00408 e. The molecule has 67 valence electrons. The largest absolute Gasteiger partial charge is 0.118 e. The molecular formula is C11H16I. The lowest BCUT2D eigenvalue weighted by Gasteiger charge is -2.04. The van der Waals surface area contributed by atoms with Crippen LogP contribution in [0.4, 0.5) is 0 Å². The Morgan fingerprint density at radius 3 is 1.83 bits per heavy atom. The van der Waals surface area contributed by atoms with Gasteiger partial charge in [0.05, 0.1) is 0 Å². The van der Waals surface area contributed by atoms with Crippen molar-refractivity contribution in [2.75, 3.05) is 4.93 Å². The van der Waals surface area contributed by atoms with Crippen LogP contribution in [0.25, 0.3) is 0 Å². The minimum absolute atomic E-state index is 0.264. The number of rotatable bonds is 3. The third-order valence-electron chi connectivity index (χ3n) is 2.05. The second-order valence-electron chi connectivity index (χ2n) is 2.86. The van der Waals surface area contributed by atoms with Crippen LogP contribution >= 0.6 is 21.2 Å². The highest BCUT2D eigenvalue weighted by atomic mass is 127. The topological polar surface area (TPSA) is 0 Å². The highest BCUT2D eigenvalue weighted by Crippen LogP contribution is 2.20. The molecule has 1 radical (unpaired) electrons. The number of halogens is 1. The summed E-state index contributed by atoms with van der Waals surface area (Å²) < 4.78 is 1.59. The van der Waals surface area contributed by atoms with E-state index in [9.17, 15) is 0 Å². The zero-order valence-corrected chi connectivity index (χ0v) is 10.2. The normalized spacial score (nSPS) is 10.2. The van der Waals surface area contributed by atoms with E-state index in [2.05, 4.69) is 37.0 Å². The molecule has 0 aliphatic carbocycles. The number of hydrogen-bond acceptors (Lipinski definition) is 0. The number of hydrogen-bond donors (Lipinski definition) is 0. The summed E-state index contributed by atoms with van der Waals surface area (Å²) in [5.41, 5.74) is 3.01. The minimum atomic E-state index is 0.264. The van der Waals surface area contributed by atoms with E-state index in [0.717, 1.165) is 0 Å². The van der Waals surface area contributed by atoms with Crippen molar-refractivity contribution >= 4 is 21.2 Å². The maximum atomic E-state index is 2.37. The maximum absolute atomic E-state index is 2.37. The van der Waals surface area contributed by atoms with Gasteiger partial charge in [-0.15, -0.1) is 21.2 Å². The van der Waals surface area contributed by atoms with Crippen molar-refractivity contribution in [1.82, 2.24) is 0 Å². The lowest BCUT2D eigenvalue weighted by atomic mass is 10.1. The Hall–Kier alpha value is -0.0500. The monoisotopic (exact) mass is 275 g/mol. The van der Waals surface area contributed by atoms with Gasteiger partial charge in [0, 0.05) is 3.57 Å². The molecule has 0 unspecified atom stereocenters. The van der Waals surface area contributed by atoms with Crippen LogP contribution in [0.1, 0.15) is 25.0 Å². The summed E-state index contributed by atoms with van der Waals surface area (Å²) in [5, 5.41) is 0. The van der Waals surface area contributed by atoms with E-state index in [-0.39, 0.29) is 21.2 Å². The zero-order valence-electron chi connectivity index (χ0n) is 8.02. The van der Waals surface area contributed by atoms with Crippen LogP contribution in [0.5, 0.6) is 0 Å². The second-order valence-corrected chi connectivity index (χ2v) is 5.19. The van der Waals surface area contributed by atoms with Crippen molar-refractivity contribution < 1.29 is 0 Å². The predicted octanol–water partition coefficient (Wildman–Crippen LogP) is 3.58. The van der Waals surface area contributed by atoms with Crippen molar-refractivity contribution in [3.05, 3.63) is 32.9 Å². The molecule has 0 aliphatic heterocycles. The smallest absolute Gasteiger partial charge is 0.00408 e. The Labute approximate surface area is 85.6 Å². The molecule has 0 aliphatic rings. The molecule has 1 rings (SSSR count). The first-order chi connectivity index (χ1) is 5.80. The quantitative estimate of drug-likeness (QED) is 0.584. The van der Waals surface area contributed by atoms with Crippen LogP contribution in [-0.4, -0.2) is 4.93 Å². The standard InChI is InChI=1S/C11H16I/c1-4-9-6-10(5-2)8-11(7-9)12-3/h6-8H,4-5H2,1-3H3. The van der Waals surface area contributed by atoms with Gasteiger partial charge in [-0.25, -0.2) is 0 Å². The van der Waals surface area contributed by atoms with Crippen LogP contribution in [0, 0.1) is 3.57 Å². The molecule has 0 aromatic heterocycles. The van der Waals surface area contributed by atoms with Crippen molar-refractivity contribution in [3.63, 3.8) is 0 Å². The van der Waals surface area contributed by atoms with Gasteiger partial charge >= 0.3 is 0 Å². The van der Waals surface area contributed by atoms with Gasteiger partial charge in [-0.3, -0.25) is 0 Å². The molecule has 0 atom stereocenters. The average Bonchev–Trinajstić information content (AvgIpc) is 2.16. The summed E-state index contributed by atoms with van der Waals surface area (Å²) in [6, 6.07) is 7.07. The van der Waals surface area contributed by atoms with Crippen LogP contribution in [0.3, 0.4) is 0 Å². The van der Waals surface area contributed by atoms with Gasteiger partial charge in [-0.1, -0.05) is 19.9 Å². The number of benzene rings is 1. The van der Waals surface area contributed by atoms with Crippen molar-refractivity contribution in [2.45, 2.75) is 26.7 Å². The van der Waals surface area contributed by atoms with Crippen molar-refractivity contribution in [3.8, 4) is 0 Å². The van der Waals surface area contributed by atoms with E-state index in [1.807, 2.05) is 0 Å². The molecule has 0 N–H and O–H groups in total. The molecule has 12 heavy (non-hydrogen) atoms. The Balaban J connectivity index is 3.01. The zero-order chi connectivity index (χ0) is 8.97. The van der Waals surface area contributed by atoms with Gasteiger partial charge in [-0.2, -0.15) is 0 Å². The molecule has 0 saturated carbocycles. The van der Waals surface area contributed by atoms with Crippen molar-refractivity contribution in [2.24, 2.45) is 0 Å². The fraction of sp³-hybridized carbons (Fsp3) is 0.455. The van der Waals surface area contributed by atoms with Gasteiger partial charge in [0.15, 0.2) is 0 Å². The van der Waals surface area contributed by atoms with E-state index < -0.39 is 0 Å². The molecule has 0 heterocycles. The van der Waals surface area contributed by atoms with Gasteiger partial charge in [0.25, 0.3) is 0 Å². The molecule has 0 spiro atoms. The van der Waals surface area contributed by atoms with Gasteiger partial charge < -0.3 is 0 Å². The third-order valence-corrected chi connectivity index (χ3v) is 3.92. The summed E-state index contributed by atoms with van der Waals surface area (Å²) in [5.74, 6) is 0. The summed E-state index contributed by atoms with van der Waals surface area (Å²) >= 11 is 0.264.